The van der Waals surface area contributed by atoms with Crippen LogP contribution < -0.4 is 5.56 Å². The first-order chi connectivity index (χ1) is 12.9. The van der Waals surface area contributed by atoms with Crippen molar-refractivity contribution in [1.82, 2.24) is 4.57 Å². The lowest BCUT2D eigenvalue weighted by molar-refractivity contribution is 0.0662. The van der Waals surface area contributed by atoms with Crippen LogP contribution in [0.5, 0.6) is 0 Å². The lowest BCUT2D eigenvalue weighted by Gasteiger charge is -2.14. The molecule has 5 nitrogen and oxygen atoms in total. The van der Waals surface area contributed by atoms with Gasteiger partial charge in [-0.15, -0.1) is 0 Å². The molecule has 27 heavy (non-hydrogen) atoms. The normalized spacial score (nSPS) is 13.8. The maximum atomic E-state index is 14.9. The van der Waals surface area contributed by atoms with Gasteiger partial charge in [0.25, 0.3) is 5.56 Å². The molecule has 0 unspecified atom stereocenters. The van der Waals surface area contributed by atoms with E-state index >= 15 is 0 Å². The molecule has 0 saturated heterocycles. The Balaban J connectivity index is 2.03. The van der Waals surface area contributed by atoms with Crippen LogP contribution in [0.15, 0.2) is 33.7 Å². The summed E-state index contributed by atoms with van der Waals surface area (Å²) >= 11 is 3.15. The van der Waals surface area contributed by atoms with E-state index in [1.165, 1.54) is 22.9 Å². The molecule has 144 valence electrons. The average molecular weight is 442 g/mol. The van der Waals surface area contributed by atoms with Gasteiger partial charge in [0, 0.05) is 34.3 Å². The van der Waals surface area contributed by atoms with Crippen LogP contribution in [0.2, 0.25) is 0 Å². The van der Waals surface area contributed by atoms with E-state index in [9.17, 15) is 18.4 Å². The van der Waals surface area contributed by atoms with Crippen LogP contribution in [0.3, 0.4) is 0 Å². The topological polar surface area (TPSA) is 68.5 Å². The first kappa shape index (κ1) is 19.9. The van der Waals surface area contributed by atoms with Crippen molar-refractivity contribution in [1.29, 1.82) is 0 Å². The van der Waals surface area contributed by atoms with Gasteiger partial charge in [0.15, 0.2) is 11.6 Å². The van der Waals surface area contributed by atoms with Gasteiger partial charge in [-0.3, -0.25) is 9.59 Å². The molecule has 0 spiro atoms. The van der Waals surface area contributed by atoms with Crippen molar-refractivity contribution in [3.63, 3.8) is 0 Å². The van der Waals surface area contributed by atoms with Crippen LogP contribution in [-0.4, -0.2) is 35.3 Å². The second-order valence-electron chi connectivity index (χ2n) is 6.39. The van der Waals surface area contributed by atoms with E-state index in [-0.39, 0.29) is 49.0 Å². The lowest BCUT2D eigenvalue weighted by Crippen LogP contribution is -2.28. The molecule has 1 aromatic carbocycles. The van der Waals surface area contributed by atoms with Crippen molar-refractivity contribution in [3.05, 3.63) is 67.5 Å². The predicted octanol–water partition coefficient (Wildman–Crippen LogP) is 3.01. The van der Waals surface area contributed by atoms with Gasteiger partial charge in [0.2, 0.25) is 0 Å². The number of hydrogen-bond acceptors (Lipinski definition) is 4. The summed E-state index contributed by atoms with van der Waals surface area (Å²) in [6.45, 7) is -0.647. The number of aliphatic hydroxyl groups excluding tert-OH is 1. The fourth-order valence-electron chi connectivity index (χ4n) is 2.84. The number of benzene rings is 1. The minimum Gasteiger partial charge on any atom is -0.394 e. The Bertz CT molecular complexity index is 925. The number of aliphatic hydroxyl groups is 1. The van der Waals surface area contributed by atoms with Crippen molar-refractivity contribution in [2.24, 2.45) is 0 Å². The highest BCUT2D eigenvalue weighted by molar-refractivity contribution is 9.10. The van der Waals surface area contributed by atoms with Crippen molar-refractivity contribution >= 4 is 21.7 Å². The number of ether oxygens (including phenoxy) is 1. The standard InChI is InChI=1S/C19H18BrF2NO4/c20-12-2-1-11(16(21)8-12)7-14-15(17(25)10-27-6-5-24)9-23(13-3-4-13)19(26)18(14)22/h1-2,8-9,13,24H,3-7,10H2. The molecule has 3 rings (SSSR count). The average Bonchev–Trinajstić information content (AvgIpc) is 3.46. The molecule has 1 N–H and O–H groups in total. The summed E-state index contributed by atoms with van der Waals surface area (Å²) in [5.74, 6) is -2.13. The summed E-state index contributed by atoms with van der Waals surface area (Å²) in [6, 6.07) is 4.20. The summed E-state index contributed by atoms with van der Waals surface area (Å²) in [7, 11) is 0. The lowest BCUT2D eigenvalue weighted by atomic mass is 9.98. The molecule has 0 bridgehead atoms. The molecule has 1 aliphatic carbocycles. The van der Waals surface area contributed by atoms with E-state index in [0.29, 0.717) is 4.47 Å². The molecule has 0 amide bonds. The molecular formula is C19H18BrF2NO4. The third kappa shape index (κ3) is 4.51. The number of carbonyl (C=O) groups is 1. The Morgan fingerprint density at radius 3 is 2.70 bits per heavy atom. The van der Waals surface area contributed by atoms with E-state index in [0.717, 1.165) is 12.8 Å². The minimum atomic E-state index is -1.04. The Morgan fingerprint density at radius 2 is 2.07 bits per heavy atom. The zero-order chi connectivity index (χ0) is 19.6. The summed E-state index contributed by atoms with van der Waals surface area (Å²) in [6.07, 6.45) is 2.61. The molecule has 1 heterocycles. The van der Waals surface area contributed by atoms with Gasteiger partial charge < -0.3 is 14.4 Å². The maximum absolute atomic E-state index is 14.9. The molecule has 0 aliphatic heterocycles. The monoisotopic (exact) mass is 441 g/mol. The van der Waals surface area contributed by atoms with Gasteiger partial charge in [-0.25, -0.2) is 8.78 Å². The summed E-state index contributed by atoms with van der Waals surface area (Å²) in [5, 5.41) is 8.77. The quantitative estimate of drug-likeness (QED) is 0.504. The van der Waals surface area contributed by atoms with Crippen LogP contribution in [0.25, 0.3) is 0 Å². The number of carbonyl (C=O) groups excluding carboxylic acids is 1. The summed E-state index contributed by atoms with van der Waals surface area (Å²) in [5.41, 5.74) is -0.779. The molecule has 0 radical (unpaired) electrons. The van der Waals surface area contributed by atoms with Crippen LogP contribution in [-0.2, 0) is 11.2 Å². The number of halogens is 3. The van der Waals surface area contributed by atoms with Crippen LogP contribution >= 0.6 is 15.9 Å². The Labute approximate surface area is 162 Å². The molecule has 8 heteroatoms. The number of Topliss-reactive ketones (excluding diaryl/α,β-unsaturated/α-hetero) is 1. The molecular weight excluding hydrogens is 424 g/mol. The van der Waals surface area contributed by atoms with Gasteiger partial charge in [0.05, 0.1) is 13.2 Å². The smallest absolute Gasteiger partial charge is 0.287 e. The Hall–Kier alpha value is -1.90. The number of nitrogens with zero attached hydrogens (tertiary/aromatic N) is 1. The van der Waals surface area contributed by atoms with Gasteiger partial charge in [-0.2, -0.15) is 0 Å². The third-order valence-electron chi connectivity index (χ3n) is 4.37. The van der Waals surface area contributed by atoms with Crippen molar-refractivity contribution in [2.75, 3.05) is 19.8 Å². The number of aromatic nitrogens is 1. The third-order valence-corrected chi connectivity index (χ3v) is 4.87. The zero-order valence-corrected chi connectivity index (χ0v) is 16.0. The largest absolute Gasteiger partial charge is 0.394 e. The number of rotatable bonds is 8. The van der Waals surface area contributed by atoms with Gasteiger partial charge in [-0.1, -0.05) is 22.0 Å². The van der Waals surface area contributed by atoms with Crippen molar-refractivity contribution < 1.29 is 23.4 Å². The van der Waals surface area contributed by atoms with E-state index in [2.05, 4.69) is 15.9 Å². The molecule has 0 atom stereocenters. The molecule has 1 saturated carbocycles. The van der Waals surface area contributed by atoms with Gasteiger partial charge in [0.1, 0.15) is 12.4 Å². The van der Waals surface area contributed by atoms with Crippen molar-refractivity contribution in [2.45, 2.75) is 25.3 Å². The van der Waals surface area contributed by atoms with Crippen molar-refractivity contribution in [3.8, 4) is 0 Å². The van der Waals surface area contributed by atoms with Gasteiger partial charge >= 0.3 is 0 Å². The van der Waals surface area contributed by atoms with E-state index in [4.69, 9.17) is 9.84 Å². The summed E-state index contributed by atoms with van der Waals surface area (Å²) in [4.78, 5) is 24.9. The van der Waals surface area contributed by atoms with Crippen LogP contribution in [0, 0.1) is 11.6 Å². The SMILES string of the molecule is O=C(COCCO)c1cn(C2CC2)c(=O)c(F)c1Cc1ccc(Br)cc1F. The highest BCUT2D eigenvalue weighted by Gasteiger charge is 2.29. The minimum absolute atomic E-state index is 0.000687. The maximum Gasteiger partial charge on any atom is 0.287 e. The second kappa shape index (κ2) is 8.41. The fraction of sp³-hybridized carbons (Fsp3) is 0.368. The summed E-state index contributed by atoms with van der Waals surface area (Å²) < 4.78 is 35.9. The Kier molecular flexibility index (Phi) is 6.18. The first-order valence-corrected chi connectivity index (χ1v) is 9.31. The second-order valence-corrected chi connectivity index (χ2v) is 7.31. The van der Waals surface area contributed by atoms with E-state index in [1.807, 2.05) is 0 Å². The van der Waals surface area contributed by atoms with E-state index in [1.54, 1.807) is 6.07 Å². The number of hydrogen-bond donors (Lipinski definition) is 1. The highest BCUT2D eigenvalue weighted by atomic mass is 79.9. The van der Waals surface area contributed by atoms with E-state index < -0.39 is 23.0 Å². The highest BCUT2D eigenvalue weighted by Crippen LogP contribution is 2.34. The van der Waals surface area contributed by atoms with Gasteiger partial charge in [-0.05, 0) is 30.5 Å². The first-order valence-electron chi connectivity index (χ1n) is 8.51. The predicted molar refractivity (Wildman–Crippen MR) is 98.1 cm³/mol. The number of pyridine rings is 1. The molecule has 1 aliphatic rings. The zero-order valence-electron chi connectivity index (χ0n) is 14.4. The molecule has 1 fully saturated rings. The van der Waals surface area contributed by atoms with Crippen LogP contribution in [0.4, 0.5) is 8.78 Å². The Morgan fingerprint density at radius 1 is 1.33 bits per heavy atom. The number of ketones is 1. The fourth-order valence-corrected chi connectivity index (χ4v) is 3.17. The molecule has 2 aromatic rings. The van der Waals surface area contributed by atoms with Crippen LogP contribution in [0.1, 0.15) is 40.4 Å². The molecule has 1 aromatic heterocycles.